The van der Waals surface area contributed by atoms with Crippen molar-refractivity contribution < 1.29 is 14.9 Å². The Labute approximate surface area is 121 Å². The van der Waals surface area contributed by atoms with Crippen molar-refractivity contribution in [2.45, 2.75) is 24.5 Å². The van der Waals surface area contributed by atoms with Gasteiger partial charge in [-0.2, -0.15) is 0 Å². The van der Waals surface area contributed by atoms with E-state index in [-0.39, 0.29) is 5.82 Å². The van der Waals surface area contributed by atoms with Crippen LogP contribution in [0.2, 0.25) is 0 Å². The van der Waals surface area contributed by atoms with Crippen molar-refractivity contribution in [1.82, 2.24) is 19.5 Å². The Bertz CT molecular complexity index is 709. The van der Waals surface area contributed by atoms with E-state index in [9.17, 15) is 10.2 Å². The molecule has 0 bridgehead atoms. The largest absolute Gasteiger partial charge is 0.386 e. The van der Waals surface area contributed by atoms with Gasteiger partial charge in [0.25, 0.3) is 0 Å². The number of halogens is 1. The minimum atomic E-state index is -1.15. The summed E-state index contributed by atoms with van der Waals surface area (Å²) in [5.41, 5.74) is 6.52. The molecule has 2 aromatic heterocycles. The number of ether oxygens (including phenoxy) is 1. The molecule has 3 rings (SSSR count). The van der Waals surface area contributed by atoms with E-state index in [1.54, 1.807) is 0 Å². The minimum absolute atomic E-state index is 0.235. The second kappa shape index (κ2) is 4.99. The second-order valence-electron chi connectivity index (χ2n) is 4.25. The molecule has 9 heteroatoms. The number of anilines is 1. The van der Waals surface area contributed by atoms with Crippen LogP contribution in [0.3, 0.4) is 0 Å². The number of rotatable bonds is 1. The zero-order valence-electron chi connectivity index (χ0n) is 10.0. The van der Waals surface area contributed by atoms with Gasteiger partial charge in [0.05, 0.1) is 6.33 Å². The Morgan fingerprint density at radius 1 is 1.30 bits per heavy atom. The van der Waals surface area contributed by atoms with E-state index in [4.69, 9.17) is 10.5 Å². The van der Waals surface area contributed by atoms with E-state index < -0.39 is 24.5 Å². The highest BCUT2D eigenvalue weighted by Crippen LogP contribution is 2.31. The maximum atomic E-state index is 10.1. The average Bonchev–Trinajstić information content (AvgIpc) is 2.97. The van der Waals surface area contributed by atoms with Crippen molar-refractivity contribution in [3.8, 4) is 10.8 Å². The smallest absolute Gasteiger partial charge is 0.167 e. The molecule has 1 aliphatic rings. The van der Waals surface area contributed by atoms with Crippen LogP contribution >= 0.6 is 15.9 Å². The molecule has 4 atom stereocenters. The summed E-state index contributed by atoms with van der Waals surface area (Å²) < 4.78 is 7.03. The lowest BCUT2D eigenvalue weighted by Crippen LogP contribution is -2.30. The fraction of sp³-hybridized carbons (Fsp3) is 0.364. The Morgan fingerprint density at radius 2 is 2.10 bits per heavy atom. The zero-order chi connectivity index (χ0) is 14.3. The van der Waals surface area contributed by atoms with Gasteiger partial charge < -0.3 is 20.7 Å². The summed E-state index contributed by atoms with van der Waals surface area (Å²) in [6, 6.07) is 0. The van der Waals surface area contributed by atoms with Crippen LogP contribution in [0.5, 0.6) is 0 Å². The maximum absolute atomic E-state index is 10.1. The molecule has 104 valence electrons. The summed E-state index contributed by atoms with van der Waals surface area (Å²) >= 11 is 2.93. The number of aliphatic hydroxyl groups is 2. The molecule has 1 saturated heterocycles. The van der Waals surface area contributed by atoms with Crippen LogP contribution in [0.15, 0.2) is 12.7 Å². The summed E-state index contributed by atoms with van der Waals surface area (Å²) in [6.07, 6.45) is -1.19. The molecule has 0 amide bonds. The van der Waals surface area contributed by atoms with E-state index >= 15 is 0 Å². The molecule has 0 aliphatic carbocycles. The normalized spacial score (nSPS) is 29.4. The van der Waals surface area contributed by atoms with Crippen molar-refractivity contribution in [3.05, 3.63) is 12.7 Å². The van der Waals surface area contributed by atoms with Crippen LogP contribution in [-0.2, 0) is 4.74 Å². The molecule has 0 saturated carbocycles. The third-order valence-electron chi connectivity index (χ3n) is 3.10. The highest BCUT2D eigenvalue weighted by molar-refractivity contribution is 9.12. The number of nitrogens with two attached hydrogens (primary N) is 1. The van der Waals surface area contributed by atoms with Crippen molar-refractivity contribution >= 4 is 32.9 Å². The van der Waals surface area contributed by atoms with Gasteiger partial charge in [0.15, 0.2) is 17.7 Å². The van der Waals surface area contributed by atoms with Gasteiger partial charge in [-0.25, -0.2) is 15.0 Å². The Balaban J connectivity index is 2.03. The first-order valence-corrected chi connectivity index (χ1v) is 6.48. The summed E-state index contributed by atoms with van der Waals surface area (Å²) in [5.74, 6) is 2.85. The van der Waals surface area contributed by atoms with Crippen molar-refractivity contribution in [3.63, 3.8) is 0 Å². The second-order valence-corrected chi connectivity index (χ2v) is 4.65. The quantitative estimate of drug-likeness (QED) is 0.592. The van der Waals surface area contributed by atoms with E-state index in [0.717, 1.165) is 0 Å². The number of aliphatic hydroxyl groups excluding tert-OH is 2. The molecule has 3 heterocycles. The predicted molar refractivity (Wildman–Crippen MR) is 72.4 cm³/mol. The Kier molecular flexibility index (Phi) is 3.31. The number of nitrogens with zero attached hydrogens (tertiary/aromatic N) is 4. The number of fused-ring (bicyclic) bond motifs is 1. The highest BCUT2D eigenvalue weighted by Gasteiger charge is 2.43. The van der Waals surface area contributed by atoms with Crippen LogP contribution in [0.4, 0.5) is 5.82 Å². The summed E-state index contributed by atoms with van der Waals surface area (Å²) in [6.45, 7) is 0. The van der Waals surface area contributed by atoms with Crippen LogP contribution in [-0.4, -0.2) is 48.0 Å². The first-order chi connectivity index (χ1) is 9.63. The number of hydrogen-bond donors (Lipinski definition) is 3. The molecule has 1 fully saturated rings. The van der Waals surface area contributed by atoms with E-state index in [1.165, 1.54) is 17.2 Å². The molecule has 4 N–H and O–H groups in total. The van der Waals surface area contributed by atoms with Gasteiger partial charge >= 0.3 is 0 Å². The fourth-order valence-corrected chi connectivity index (χ4v) is 2.34. The van der Waals surface area contributed by atoms with Crippen LogP contribution in [0, 0.1) is 10.8 Å². The van der Waals surface area contributed by atoms with Crippen LogP contribution in [0.25, 0.3) is 11.2 Å². The van der Waals surface area contributed by atoms with Crippen LogP contribution in [0.1, 0.15) is 6.23 Å². The first-order valence-electron chi connectivity index (χ1n) is 5.69. The lowest BCUT2D eigenvalue weighted by Gasteiger charge is -2.16. The van der Waals surface area contributed by atoms with Crippen LogP contribution < -0.4 is 5.73 Å². The Hall–Kier alpha value is -1.73. The number of aromatic nitrogens is 4. The van der Waals surface area contributed by atoms with E-state index in [2.05, 4.69) is 41.6 Å². The van der Waals surface area contributed by atoms with Gasteiger partial charge in [-0.1, -0.05) is 5.92 Å². The molecule has 0 aromatic carbocycles. The summed E-state index contributed by atoms with van der Waals surface area (Å²) in [5, 5.41) is 20.0. The topological polar surface area (TPSA) is 119 Å². The zero-order valence-corrected chi connectivity index (χ0v) is 11.6. The minimum Gasteiger partial charge on any atom is -0.386 e. The lowest BCUT2D eigenvalue weighted by molar-refractivity contribution is -0.0230. The summed E-state index contributed by atoms with van der Waals surface area (Å²) in [7, 11) is 0. The van der Waals surface area contributed by atoms with Gasteiger partial charge in [-0.15, -0.1) is 0 Å². The number of imidazole rings is 1. The van der Waals surface area contributed by atoms with Gasteiger partial charge in [0.1, 0.15) is 30.2 Å². The van der Waals surface area contributed by atoms with Gasteiger partial charge in [-0.05, 0) is 4.83 Å². The molecule has 8 nitrogen and oxygen atoms in total. The highest BCUT2D eigenvalue weighted by atomic mass is 79.9. The molecular weight excluding hydrogens is 330 g/mol. The lowest BCUT2D eigenvalue weighted by atomic mass is 10.1. The van der Waals surface area contributed by atoms with Crippen molar-refractivity contribution in [2.24, 2.45) is 0 Å². The molecule has 0 spiro atoms. The van der Waals surface area contributed by atoms with Gasteiger partial charge in [-0.3, -0.25) is 4.57 Å². The number of hydrogen-bond acceptors (Lipinski definition) is 7. The monoisotopic (exact) mass is 339 g/mol. The van der Waals surface area contributed by atoms with Crippen molar-refractivity contribution in [2.75, 3.05) is 5.73 Å². The summed E-state index contributed by atoms with van der Waals surface area (Å²) in [4.78, 5) is 14.5. The molecule has 20 heavy (non-hydrogen) atoms. The molecule has 0 radical (unpaired) electrons. The Morgan fingerprint density at radius 3 is 2.85 bits per heavy atom. The SMILES string of the molecule is Nc1ncnc2c1ncn2[C@@H]1O[C@H](C#CBr)[C@@H](O)[C@H]1O. The molecule has 1 aliphatic heterocycles. The fourth-order valence-electron chi connectivity index (χ4n) is 2.12. The predicted octanol–water partition coefficient (Wildman–Crippen LogP) is -0.617. The maximum Gasteiger partial charge on any atom is 0.167 e. The average molecular weight is 340 g/mol. The molecular formula is C11H10BrN5O3. The van der Waals surface area contributed by atoms with Gasteiger partial charge in [0, 0.05) is 15.9 Å². The van der Waals surface area contributed by atoms with E-state index in [0.29, 0.717) is 11.2 Å². The molecule has 0 unspecified atom stereocenters. The third kappa shape index (κ3) is 1.94. The number of nitrogen functional groups attached to an aromatic ring is 1. The van der Waals surface area contributed by atoms with E-state index in [1.807, 2.05) is 0 Å². The third-order valence-corrected chi connectivity index (χ3v) is 3.33. The van der Waals surface area contributed by atoms with Gasteiger partial charge in [0.2, 0.25) is 0 Å². The van der Waals surface area contributed by atoms with Crippen molar-refractivity contribution in [1.29, 1.82) is 0 Å². The first kappa shape index (κ1) is 13.3. The molecule has 2 aromatic rings. The standard InChI is InChI=1S/C11H10BrN5O3/c12-2-1-5-7(18)8(19)11(20-5)17-4-16-6-9(13)14-3-15-10(6)17/h3-5,7-8,11,18-19H,(H2,13,14,15)/t5-,7-,8-,11-/m1/s1.